The van der Waals surface area contributed by atoms with Crippen molar-refractivity contribution in [3.8, 4) is 0 Å². The summed E-state index contributed by atoms with van der Waals surface area (Å²) < 4.78 is 30.0. The zero-order valence-corrected chi connectivity index (χ0v) is 17.1. The summed E-state index contributed by atoms with van der Waals surface area (Å²) in [5.41, 5.74) is 0. The van der Waals surface area contributed by atoms with Gasteiger partial charge in [0.1, 0.15) is 0 Å². The highest BCUT2D eigenvalue weighted by atomic mass is 16.5. The Bertz CT molecular complexity index is 369. The second kappa shape index (κ2) is 18.6. The number of esters is 3. The van der Waals surface area contributed by atoms with E-state index in [0.29, 0.717) is 59.3 Å². The molecule has 0 spiro atoms. The van der Waals surface area contributed by atoms with Gasteiger partial charge in [0.05, 0.1) is 80.2 Å². The predicted octanol–water partition coefficient (Wildman–Crippen LogP) is 0.0275. The van der Waals surface area contributed by atoms with Gasteiger partial charge in [-0.1, -0.05) is 0 Å². The van der Waals surface area contributed by atoms with E-state index in [1.807, 2.05) is 0 Å². The molecule has 10 heteroatoms. The third-order valence-corrected chi connectivity index (χ3v) is 3.69. The summed E-state index contributed by atoms with van der Waals surface area (Å²) in [7, 11) is 4.01. The molecule has 28 heavy (non-hydrogen) atoms. The van der Waals surface area contributed by atoms with Gasteiger partial charge in [0.15, 0.2) is 0 Å². The van der Waals surface area contributed by atoms with Crippen LogP contribution in [0.15, 0.2) is 0 Å². The van der Waals surface area contributed by atoms with Gasteiger partial charge < -0.3 is 28.4 Å². The van der Waals surface area contributed by atoms with Crippen LogP contribution in [0.3, 0.4) is 0 Å². The van der Waals surface area contributed by atoms with Gasteiger partial charge in [-0.05, 0) is 0 Å². The highest BCUT2D eigenvalue weighted by Crippen LogP contribution is 1.95. The van der Waals surface area contributed by atoms with E-state index in [4.69, 9.17) is 14.2 Å². The Morgan fingerprint density at radius 3 is 1.07 bits per heavy atom. The zero-order valence-electron chi connectivity index (χ0n) is 17.1. The first-order valence-electron chi connectivity index (χ1n) is 9.19. The fourth-order valence-corrected chi connectivity index (χ4v) is 2.00. The van der Waals surface area contributed by atoms with E-state index in [9.17, 15) is 14.4 Å². The smallest absolute Gasteiger partial charge is 0.307 e. The molecule has 0 unspecified atom stereocenters. The van der Waals surface area contributed by atoms with E-state index in [-0.39, 0.29) is 37.2 Å². The number of carbonyl (C=O) groups excluding carboxylic acids is 3. The fraction of sp³-hybridized carbons (Fsp3) is 0.833. The SMILES string of the molecule is COC(=O)CCOCCN(CCOCCC(=O)OC)CCOCCC(=O)OC. The molecular formula is C18H33NO9. The molecule has 0 aliphatic heterocycles. The normalized spacial score (nSPS) is 10.7. The van der Waals surface area contributed by atoms with Gasteiger partial charge >= 0.3 is 17.9 Å². The molecule has 0 amide bonds. The van der Waals surface area contributed by atoms with Crippen molar-refractivity contribution in [1.82, 2.24) is 4.90 Å². The van der Waals surface area contributed by atoms with E-state index in [0.717, 1.165) is 0 Å². The predicted molar refractivity (Wildman–Crippen MR) is 98.8 cm³/mol. The minimum Gasteiger partial charge on any atom is -0.469 e. The lowest BCUT2D eigenvalue weighted by Gasteiger charge is -2.22. The van der Waals surface area contributed by atoms with Crippen LogP contribution >= 0.6 is 0 Å². The maximum Gasteiger partial charge on any atom is 0.307 e. The lowest BCUT2D eigenvalue weighted by atomic mass is 10.4. The van der Waals surface area contributed by atoms with Crippen molar-refractivity contribution >= 4 is 17.9 Å². The fourth-order valence-electron chi connectivity index (χ4n) is 2.00. The van der Waals surface area contributed by atoms with E-state index in [1.165, 1.54) is 21.3 Å². The molecule has 0 aromatic heterocycles. The van der Waals surface area contributed by atoms with Crippen LogP contribution in [0.25, 0.3) is 0 Å². The first-order valence-corrected chi connectivity index (χ1v) is 9.19. The van der Waals surface area contributed by atoms with Crippen molar-refractivity contribution in [1.29, 1.82) is 0 Å². The van der Waals surface area contributed by atoms with Gasteiger partial charge in [-0.3, -0.25) is 19.3 Å². The average Bonchev–Trinajstić information content (AvgIpc) is 2.71. The highest BCUT2D eigenvalue weighted by molar-refractivity contribution is 5.69. The van der Waals surface area contributed by atoms with E-state index < -0.39 is 0 Å². The molecule has 0 fully saturated rings. The molecular weight excluding hydrogens is 374 g/mol. The Morgan fingerprint density at radius 2 is 0.821 bits per heavy atom. The summed E-state index contributed by atoms with van der Waals surface area (Å²) in [5, 5.41) is 0. The van der Waals surface area contributed by atoms with Crippen LogP contribution in [0, 0.1) is 0 Å². The number of hydrogen-bond donors (Lipinski definition) is 0. The summed E-state index contributed by atoms with van der Waals surface area (Å²) in [6.07, 6.45) is 0.636. The van der Waals surface area contributed by atoms with Gasteiger partial charge in [-0.25, -0.2) is 0 Å². The third kappa shape index (κ3) is 16.4. The highest BCUT2D eigenvalue weighted by Gasteiger charge is 2.08. The number of methoxy groups -OCH3 is 3. The Morgan fingerprint density at radius 1 is 0.536 bits per heavy atom. The molecule has 164 valence electrons. The van der Waals surface area contributed by atoms with Crippen LogP contribution in [-0.2, 0) is 42.8 Å². The van der Waals surface area contributed by atoms with Crippen LogP contribution < -0.4 is 0 Å². The Balaban J connectivity index is 4.02. The molecule has 0 rings (SSSR count). The Kier molecular flexibility index (Phi) is 17.4. The van der Waals surface area contributed by atoms with Gasteiger partial charge in [0.25, 0.3) is 0 Å². The summed E-state index contributed by atoms with van der Waals surface area (Å²) in [6, 6.07) is 0. The van der Waals surface area contributed by atoms with Crippen molar-refractivity contribution in [3.05, 3.63) is 0 Å². The molecule has 0 aromatic carbocycles. The largest absolute Gasteiger partial charge is 0.469 e. The van der Waals surface area contributed by atoms with Crippen molar-refractivity contribution in [3.63, 3.8) is 0 Å². The van der Waals surface area contributed by atoms with Crippen LogP contribution in [-0.4, -0.2) is 103 Å². The molecule has 0 N–H and O–H groups in total. The van der Waals surface area contributed by atoms with Crippen molar-refractivity contribution < 1.29 is 42.8 Å². The quantitative estimate of drug-likeness (QED) is 0.175. The van der Waals surface area contributed by atoms with Crippen LogP contribution in [0.1, 0.15) is 19.3 Å². The van der Waals surface area contributed by atoms with Gasteiger partial charge in [0, 0.05) is 19.6 Å². The van der Waals surface area contributed by atoms with Gasteiger partial charge in [0.2, 0.25) is 0 Å². The zero-order chi connectivity index (χ0) is 21.0. The van der Waals surface area contributed by atoms with Gasteiger partial charge in [-0.2, -0.15) is 0 Å². The summed E-state index contributed by atoms with van der Waals surface area (Å²) in [5.74, 6) is -0.931. The Labute approximate surface area is 166 Å². The molecule has 10 nitrogen and oxygen atoms in total. The van der Waals surface area contributed by atoms with Crippen molar-refractivity contribution in [2.75, 3.05) is 80.6 Å². The number of nitrogens with zero attached hydrogens (tertiary/aromatic N) is 1. The van der Waals surface area contributed by atoms with E-state index in [2.05, 4.69) is 19.1 Å². The molecule has 0 aromatic rings. The maximum atomic E-state index is 11.0. The average molecular weight is 407 g/mol. The molecule has 0 bridgehead atoms. The molecule has 0 aliphatic rings. The van der Waals surface area contributed by atoms with Crippen molar-refractivity contribution in [2.45, 2.75) is 19.3 Å². The van der Waals surface area contributed by atoms with E-state index >= 15 is 0 Å². The number of rotatable bonds is 18. The third-order valence-electron chi connectivity index (χ3n) is 3.69. The summed E-state index contributed by atoms with van der Waals surface area (Å²) in [6.45, 7) is 4.11. The lowest BCUT2D eigenvalue weighted by Crippen LogP contribution is -2.34. The first kappa shape index (κ1) is 26.2. The Hall–Kier alpha value is -1.75. The maximum absolute atomic E-state index is 11.0. The van der Waals surface area contributed by atoms with Gasteiger partial charge in [-0.15, -0.1) is 0 Å². The lowest BCUT2D eigenvalue weighted by molar-refractivity contribution is -0.142. The number of carbonyl (C=O) groups is 3. The van der Waals surface area contributed by atoms with Crippen LogP contribution in [0.4, 0.5) is 0 Å². The number of ether oxygens (including phenoxy) is 6. The molecule has 0 saturated carbocycles. The topological polar surface area (TPSA) is 110 Å². The summed E-state index contributed by atoms with van der Waals surface area (Å²) >= 11 is 0. The molecule has 0 aliphatic carbocycles. The molecule has 0 saturated heterocycles. The monoisotopic (exact) mass is 407 g/mol. The minimum absolute atomic E-state index is 0.212. The van der Waals surface area contributed by atoms with Crippen molar-refractivity contribution in [2.24, 2.45) is 0 Å². The molecule has 0 heterocycles. The van der Waals surface area contributed by atoms with E-state index in [1.54, 1.807) is 0 Å². The second-order valence-corrected chi connectivity index (χ2v) is 5.66. The standard InChI is InChI=1S/C18H33NO9/c1-23-16(20)4-10-26-13-7-19(8-14-27-11-5-17(21)24-2)9-15-28-12-6-18(22)25-3/h4-15H2,1-3H3. The first-order chi connectivity index (χ1) is 13.5. The molecule has 0 radical (unpaired) electrons. The van der Waals surface area contributed by atoms with Crippen LogP contribution in [0.2, 0.25) is 0 Å². The minimum atomic E-state index is -0.310. The summed E-state index contributed by atoms with van der Waals surface area (Å²) in [4.78, 5) is 35.2. The van der Waals surface area contributed by atoms with Crippen LogP contribution in [0.5, 0.6) is 0 Å². The second-order valence-electron chi connectivity index (χ2n) is 5.66. The number of hydrogen-bond acceptors (Lipinski definition) is 10. The molecule has 0 atom stereocenters.